The number of nitrogens with two attached hydrogens (primary N) is 1. The number of para-hydroxylation sites is 1. The lowest BCUT2D eigenvalue weighted by atomic mass is 10.2. The van der Waals surface area contributed by atoms with Crippen LogP contribution in [0, 0.1) is 0 Å². The van der Waals surface area contributed by atoms with Crippen molar-refractivity contribution in [3.63, 3.8) is 0 Å². The smallest absolute Gasteiger partial charge is 0.198 e. The van der Waals surface area contributed by atoms with E-state index in [-0.39, 0.29) is 6.61 Å². The monoisotopic (exact) mass is 291 g/mol. The average molecular weight is 291 g/mol. The SMILES string of the molecule is CCOP(=O)([O-])[C@@H]([NH2+]c1ccccc1)c1ccccc1. The molecule has 0 fully saturated rings. The zero-order valence-electron chi connectivity index (χ0n) is 11.3. The number of hydrogen-bond acceptors (Lipinski definition) is 3. The van der Waals surface area contributed by atoms with Crippen LogP contribution in [0.2, 0.25) is 0 Å². The summed E-state index contributed by atoms with van der Waals surface area (Å²) in [5.74, 6) is -0.772. The van der Waals surface area contributed by atoms with Gasteiger partial charge in [-0.25, -0.2) is 0 Å². The summed E-state index contributed by atoms with van der Waals surface area (Å²) in [5, 5.41) is 1.72. The van der Waals surface area contributed by atoms with Gasteiger partial charge >= 0.3 is 0 Å². The van der Waals surface area contributed by atoms with Crippen molar-refractivity contribution in [1.82, 2.24) is 0 Å². The standard InChI is InChI=1S/C15H18NO3P/c1-2-19-20(17,18)15(13-9-5-3-6-10-13)16-14-11-7-4-8-12-14/h3-12,15-16H,2H2,1H3,(H,17,18)/t15-/m1/s1. The van der Waals surface area contributed by atoms with Gasteiger partial charge in [-0.05, 0) is 19.1 Å². The van der Waals surface area contributed by atoms with Gasteiger partial charge in [0, 0.05) is 5.56 Å². The topological polar surface area (TPSA) is 66.0 Å². The maximum atomic E-state index is 12.3. The van der Waals surface area contributed by atoms with Gasteiger partial charge in [0.15, 0.2) is 13.4 Å². The van der Waals surface area contributed by atoms with Crippen LogP contribution >= 0.6 is 7.60 Å². The first-order valence-electron chi connectivity index (χ1n) is 6.53. The Hall–Kier alpha value is -1.45. The second kappa shape index (κ2) is 6.82. The Labute approximate surface area is 119 Å². The van der Waals surface area contributed by atoms with E-state index in [4.69, 9.17) is 4.52 Å². The normalized spacial score (nSPS) is 15.5. The van der Waals surface area contributed by atoms with Gasteiger partial charge < -0.3 is 19.3 Å². The van der Waals surface area contributed by atoms with Crippen molar-refractivity contribution in [2.24, 2.45) is 0 Å². The van der Waals surface area contributed by atoms with Crippen LogP contribution in [0.5, 0.6) is 0 Å². The van der Waals surface area contributed by atoms with Gasteiger partial charge in [-0.15, -0.1) is 0 Å². The molecule has 4 nitrogen and oxygen atoms in total. The molecule has 0 saturated heterocycles. The molecule has 0 amide bonds. The van der Waals surface area contributed by atoms with Crippen molar-refractivity contribution >= 4 is 13.3 Å². The fourth-order valence-electron chi connectivity index (χ4n) is 2.03. The van der Waals surface area contributed by atoms with E-state index in [0.29, 0.717) is 5.56 Å². The molecule has 0 aliphatic rings. The van der Waals surface area contributed by atoms with Gasteiger partial charge in [-0.1, -0.05) is 48.5 Å². The van der Waals surface area contributed by atoms with Crippen LogP contribution in [-0.4, -0.2) is 6.61 Å². The lowest BCUT2D eigenvalue weighted by Gasteiger charge is -2.29. The Morgan fingerprint density at radius 1 is 1.10 bits per heavy atom. The zero-order valence-corrected chi connectivity index (χ0v) is 12.2. The Morgan fingerprint density at radius 3 is 2.20 bits per heavy atom. The Balaban J connectivity index is 2.32. The maximum Gasteiger partial charge on any atom is 0.198 e. The van der Waals surface area contributed by atoms with Gasteiger partial charge in [0.2, 0.25) is 0 Å². The summed E-state index contributed by atoms with van der Waals surface area (Å²) in [6.45, 7) is 1.82. The quantitative estimate of drug-likeness (QED) is 0.655. The zero-order chi connectivity index (χ0) is 14.4. The van der Waals surface area contributed by atoms with E-state index >= 15 is 0 Å². The van der Waals surface area contributed by atoms with Gasteiger partial charge in [0.05, 0.1) is 6.61 Å². The van der Waals surface area contributed by atoms with Crippen LogP contribution in [0.25, 0.3) is 0 Å². The molecular weight excluding hydrogens is 273 g/mol. The fraction of sp³-hybridized carbons (Fsp3) is 0.200. The molecule has 2 atom stereocenters. The van der Waals surface area contributed by atoms with Crippen LogP contribution < -0.4 is 10.2 Å². The number of rotatable bonds is 6. The first-order valence-corrected chi connectivity index (χ1v) is 8.15. The van der Waals surface area contributed by atoms with E-state index in [0.717, 1.165) is 5.69 Å². The third-order valence-corrected chi connectivity index (χ3v) is 4.69. The van der Waals surface area contributed by atoms with Crippen LogP contribution in [0.15, 0.2) is 60.7 Å². The van der Waals surface area contributed by atoms with Crippen molar-refractivity contribution in [1.29, 1.82) is 0 Å². The highest BCUT2D eigenvalue weighted by atomic mass is 31.2. The Kier molecular flexibility index (Phi) is 5.10. The van der Waals surface area contributed by atoms with E-state index in [9.17, 15) is 9.46 Å². The van der Waals surface area contributed by atoms with Crippen LogP contribution in [0.3, 0.4) is 0 Å². The number of quaternary nitrogens is 1. The molecule has 2 aromatic carbocycles. The molecule has 2 N–H and O–H groups in total. The minimum atomic E-state index is -4.00. The molecule has 0 saturated carbocycles. The van der Waals surface area contributed by atoms with Crippen molar-refractivity contribution in [3.8, 4) is 0 Å². The van der Waals surface area contributed by atoms with Crippen molar-refractivity contribution in [2.75, 3.05) is 6.61 Å². The lowest BCUT2D eigenvalue weighted by molar-refractivity contribution is -0.601. The lowest BCUT2D eigenvalue weighted by Crippen LogP contribution is -2.79. The highest BCUT2D eigenvalue weighted by molar-refractivity contribution is 7.51. The summed E-state index contributed by atoms with van der Waals surface area (Å²) in [5.41, 5.74) is 1.57. The molecular formula is C15H18NO3P. The van der Waals surface area contributed by atoms with E-state index in [1.165, 1.54) is 0 Å². The number of benzene rings is 2. The van der Waals surface area contributed by atoms with Crippen LogP contribution in [-0.2, 0) is 9.09 Å². The highest BCUT2D eigenvalue weighted by Crippen LogP contribution is 2.48. The van der Waals surface area contributed by atoms with Gasteiger partial charge in [-0.3, -0.25) is 0 Å². The van der Waals surface area contributed by atoms with Crippen LogP contribution in [0.4, 0.5) is 5.69 Å². The third kappa shape index (κ3) is 3.78. The predicted octanol–water partition coefficient (Wildman–Crippen LogP) is 2.17. The first kappa shape index (κ1) is 14.9. The molecule has 20 heavy (non-hydrogen) atoms. The van der Waals surface area contributed by atoms with Crippen LogP contribution in [0.1, 0.15) is 18.3 Å². The average Bonchev–Trinajstić information content (AvgIpc) is 2.46. The molecule has 0 aliphatic carbocycles. The Bertz CT molecular complexity index is 574. The van der Waals surface area contributed by atoms with Crippen molar-refractivity contribution in [3.05, 3.63) is 66.2 Å². The summed E-state index contributed by atoms with van der Waals surface area (Å²) < 4.78 is 17.3. The molecule has 0 spiro atoms. The van der Waals surface area contributed by atoms with E-state index in [2.05, 4.69) is 0 Å². The van der Waals surface area contributed by atoms with Gasteiger partial charge in [0.1, 0.15) is 5.69 Å². The molecule has 0 heterocycles. The summed E-state index contributed by atoms with van der Waals surface area (Å²) >= 11 is 0. The fourth-order valence-corrected chi connectivity index (χ4v) is 3.44. The van der Waals surface area contributed by atoms with E-state index < -0.39 is 13.4 Å². The summed E-state index contributed by atoms with van der Waals surface area (Å²) in [7, 11) is -4.00. The molecule has 2 aromatic rings. The molecule has 0 aromatic heterocycles. The molecule has 0 bridgehead atoms. The molecule has 106 valence electrons. The molecule has 0 radical (unpaired) electrons. The second-order valence-electron chi connectivity index (χ2n) is 4.39. The highest BCUT2D eigenvalue weighted by Gasteiger charge is 2.29. The van der Waals surface area contributed by atoms with Crippen molar-refractivity contribution < 1.29 is 19.3 Å². The maximum absolute atomic E-state index is 12.3. The summed E-state index contributed by atoms with van der Waals surface area (Å²) in [4.78, 5) is 12.3. The van der Waals surface area contributed by atoms with E-state index in [1.807, 2.05) is 48.5 Å². The number of hydrogen-bond donors (Lipinski definition) is 1. The largest absolute Gasteiger partial charge is 0.774 e. The first-order chi connectivity index (χ1) is 9.63. The minimum absolute atomic E-state index is 0.146. The van der Waals surface area contributed by atoms with Gasteiger partial charge in [-0.2, -0.15) is 0 Å². The third-order valence-electron chi connectivity index (χ3n) is 2.94. The predicted molar refractivity (Wildman–Crippen MR) is 76.4 cm³/mol. The molecule has 1 unspecified atom stereocenters. The molecule has 2 rings (SSSR count). The minimum Gasteiger partial charge on any atom is -0.774 e. The van der Waals surface area contributed by atoms with E-state index in [1.54, 1.807) is 24.4 Å². The molecule has 0 aliphatic heterocycles. The Morgan fingerprint density at radius 2 is 1.65 bits per heavy atom. The molecule has 5 heteroatoms. The second-order valence-corrected chi connectivity index (χ2v) is 6.28. The van der Waals surface area contributed by atoms with Crippen molar-refractivity contribution in [2.45, 2.75) is 12.7 Å². The summed E-state index contributed by atoms with van der Waals surface area (Å²) in [6, 6.07) is 18.5. The van der Waals surface area contributed by atoms with Gasteiger partial charge in [0.25, 0.3) is 0 Å². The summed E-state index contributed by atoms with van der Waals surface area (Å²) in [6.07, 6.45) is 0.